The summed E-state index contributed by atoms with van der Waals surface area (Å²) >= 11 is 1.65. The number of rotatable bonds is 8. The zero-order chi connectivity index (χ0) is 14.3. The second kappa shape index (κ2) is 8.22. The minimum Gasteiger partial charge on any atom is -0.396 e. The van der Waals surface area contributed by atoms with Gasteiger partial charge in [-0.2, -0.15) is 16.9 Å². The summed E-state index contributed by atoms with van der Waals surface area (Å²) in [4.78, 5) is 12.0. The third-order valence-corrected chi connectivity index (χ3v) is 3.41. The molecule has 1 rings (SSSR count). The summed E-state index contributed by atoms with van der Waals surface area (Å²) < 4.78 is 0. The number of aromatic nitrogens is 2. The monoisotopic (exact) mass is 285 g/mol. The SMILES string of the molecule is CSCC(CCO)NC(=O)c1cc(CC(C)C)[nH]n1. The molecule has 1 heterocycles. The van der Waals surface area contributed by atoms with Gasteiger partial charge in [-0.1, -0.05) is 13.8 Å². The predicted molar refractivity (Wildman–Crippen MR) is 78.5 cm³/mol. The summed E-state index contributed by atoms with van der Waals surface area (Å²) in [7, 11) is 0. The Balaban J connectivity index is 2.58. The molecule has 1 aromatic heterocycles. The van der Waals surface area contributed by atoms with Gasteiger partial charge in [-0.15, -0.1) is 0 Å². The van der Waals surface area contributed by atoms with Crippen molar-refractivity contribution in [1.82, 2.24) is 15.5 Å². The van der Waals surface area contributed by atoms with Gasteiger partial charge >= 0.3 is 0 Å². The normalized spacial score (nSPS) is 12.7. The van der Waals surface area contributed by atoms with E-state index in [9.17, 15) is 4.79 Å². The summed E-state index contributed by atoms with van der Waals surface area (Å²) in [6, 6.07) is 1.78. The van der Waals surface area contributed by atoms with Gasteiger partial charge in [0.15, 0.2) is 0 Å². The Morgan fingerprint density at radius 2 is 2.32 bits per heavy atom. The smallest absolute Gasteiger partial charge is 0.272 e. The topological polar surface area (TPSA) is 78.0 Å². The average Bonchev–Trinajstić information content (AvgIpc) is 2.77. The first-order valence-corrected chi connectivity index (χ1v) is 7.91. The second-order valence-corrected chi connectivity index (χ2v) is 5.93. The molecule has 6 heteroatoms. The van der Waals surface area contributed by atoms with Crippen molar-refractivity contribution in [3.63, 3.8) is 0 Å². The van der Waals surface area contributed by atoms with Gasteiger partial charge in [0, 0.05) is 24.1 Å². The van der Waals surface area contributed by atoms with Crippen LogP contribution in [0.3, 0.4) is 0 Å². The van der Waals surface area contributed by atoms with Crippen molar-refractivity contribution in [3.05, 3.63) is 17.5 Å². The van der Waals surface area contributed by atoms with Gasteiger partial charge in [0.05, 0.1) is 0 Å². The van der Waals surface area contributed by atoms with Crippen LogP contribution in [-0.2, 0) is 6.42 Å². The Bertz CT molecular complexity index is 387. The molecule has 0 aliphatic rings. The molecule has 0 saturated heterocycles. The summed E-state index contributed by atoms with van der Waals surface area (Å²) in [6.45, 7) is 4.32. The van der Waals surface area contributed by atoms with E-state index in [1.54, 1.807) is 17.8 Å². The van der Waals surface area contributed by atoms with E-state index in [0.717, 1.165) is 17.9 Å². The highest BCUT2D eigenvalue weighted by Crippen LogP contribution is 2.08. The van der Waals surface area contributed by atoms with Crippen molar-refractivity contribution in [3.8, 4) is 0 Å². The van der Waals surface area contributed by atoms with Crippen LogP contribution in [0.15, 0.2) is 6.07 Å². The van der Waals surface area contributed by atoms with Crippen LogP contribution in [0.1, 0.15) is 36.5 Å². The third-order valence-electron chi connectivity index (χ3n) is 2.67. The minimum absolute atomic E-state index is 0.0160. The standard InChI is InChI=1S/C13H23N3O2S/c1-9(2)6-11-7-12(16-15-11)13(18)14-10(4-5-17)8-19-3/h7,9-10,17H,4-6,8H2,1-3H3,(H,14,18)(H,15,16). The number of aliphatic hydroxyl groups is 1. The van der Waals surface area contributed by atoms with Crippen molar-refractivity contribution >= 4 is 17.7 Å². The highest BCUT2D eigenvalue weighted by Gasteiger charge is 2.15. The third kappa shape index (κ3) is 5.65. The van der Waals surface area contributed by atoms with Crippen LogP contribution in [0.25, 0.3) is 0 Å². The number of nitrogens with zero attached hydrogens (tertiary/aromatic N) is 1. The Morgan fingerprint density at radius 1 is 1.58 bits per heavy atom. The average molecular weight is 285 g/mol. The van der Waals surface area contributed by atoms with Crippen molar-refractivity contribution in [1.29, 1.82) is 0 Å². The highest BCUT2D eigenvalue weighted by molar-refractivity contribution is 7.98. The van der Waals surface area contributed by atoms with E-state index in [0.29, 0.717) is 18.0 Å². The molecule has 0 aliphatic carbocycles. The van der Waals surface area contributed by atoms with Gasteiger partial charge in [-0.05, 0) is 31.1 Å². The molecule has 0 saturated carbocycles. The molecule has 0 radical (unpaired) electrons. The number of aliphatic hydroxyl groups excluding tert-OH is 1. The molecular weight excluding hydrogens is 262 g/mol. The summed E-state index contributed by atoms with van der Waals surface area (Å²) in [5, 5.41) is 18.8. The molecule has 0 aliphatic heterocycles. The van der Waals surface area contributed by atoms with Crippen LogP contribution in [0.4, 0.5) is 0 Å². The fraction of sp³-hybridized carbons (Fsp3) is 0.692. The summed E-state index contributed by atoms with van der Waals surface area (Å²) in [5.74, 6) is 1.13. The number of carbonyl (C=O) groups excluding carboxylic acids is 1. The van der Waals surface area contributed by atoms with Crippen LogP contribution in [-0.4, -0.2) is 45.9 Å². The van der Waals surface area contributed by atoms with Crippen molar-refractivity contribution in [2.75, 3.05) is 18.6 Å². The molecule has 1 aromatic rings. The molecule has 0 bridgehead atoms. The van der Waals surface area contributed by atoms with E-state index >= 15 is 0 Å². The lowest BCUT2D eigenvalue weighted by Crippen LogP contribution is -2.37. The lowest BCUT2D eigenvalue weighted by Gasteiger charge is -2.15. The molecule has 19 heavy (non-hydrogen) atoms. The quantitative estimate of drug-likeness (QED) is 0.675. The van der Waals surface area contributed by atoms with Crippen molar-refractivity contribution in [2.24, 2.45) is 5.92 Å². The van der Waals surface area contributed by atoms with Crippen LogP contribution < -0.4 is 5.32 Å². The Labute approximate surface area is 118 Å². The molecule has 5 nitrogen and oxygen atoms in total. The molecule has 1 amide bonds. The van der Waals surface area contributed by atoms with Gasteiger partial charge in [0.1, 0.15) is 5.69 Å². The maximum absolute atomic E-state index is 12.0. The molecule has 0 fully saturated rings. The van der Waals surface area contributed by atoms with Gasteiger partial charge in [-0.25, -0.2) is 0 Å². The van der Waals surface area contributed by atoms with E-state index in [1.165, 1.54) is 0 Å². The van der Waals surface area contributed by atoms with Crippen molar-refractivity contribution < 1.29 is 9.90 Å². The molecule has 0 aromatic carbocycles. The molecule has 108 valence electrons. The number of hydrogen-bond donors (Lipinski definition) is 3. The lowest BCUT2D eigenvalue weighted by molar-refractivity contribution is 0.0930. The van der Waals surface area contributed by atoms with Crippen LogP contribution >= 0.6 is 11.8 Å². The van der Waals surface area contributed by atoms with Gasteiger partial charge < -0.3 is 10.4 Å². The first-order chi connectivity index (χ1) is 9.06. The lowest BCUT2D eigenvalue weighted by atomic mass is 10.1. The zero-order valence-corrected chi connectivity index (χ0v) is 12.6. The van der Waals surface area contributed by atoms with E-state index in [1.807, 2.05) is 6.26 Å². The predicted octanol–water partition coefficient (Wildman–Crippen LogP) is 1.45. The van der Waals surface area contributed by atoms with Crippen LogP contribution in [0.5, 0.6) is 0 Å². The number of aromatic amines is 1. The first kappa shape index (κ1) is 16.0. The molecule has 1 unspecified atom stereocenters. The van der Waals surface area contributed by atoms with Crippen LogP contribution in [0.2, 0.25) is 0 Å². The van der Waals surface area contributed by atoms with Crippen LogP contribution in [0, 0.1) is 5.92 Å². The highest BCUT2D eigenvalue weighted by atomic mass is 32.2. The number of carbonyl (C=O) groups is 1. The first-order valence-electron chi connectivity index (χ1n) is 6.51. The largest absolute Gasteiger partial charge is 0.396 e. The number of amides is 1. The van der Waals surface area contributed by atoms with E-state index in [-0.39, 0.29) is 18.6 Å². The van der Waals surface area contributed by atoms with Gasteiger partial charge in [0.25, 0.3) is 5.91 Å². The second-order valence-electron chi connectivity index (χ2n) is 5.01. The molecular formula is C13H23N3O2S. The molecule has 0 spiro atoms. The fourth-order valence-electron chi connectivity index (χ4n) is 1.84. The van der Waals surface area contributed by atoms with E-state index in [4.69, 9.17) is 5.11 Å². The number of H-pyrrole nitrogens is 1. The maximum Gasteiger partial charge on any atom is 0.272 e. The summed E-state index contributed by atoms with van der Waals surface area (Å²) in [6.07, 6.45) is 3.42. The molecule has 1 atom stereocenters. The van der Waals surface area contributed by atoms with Gasteiger partial charge in [0.2, 0.25) is 0 Å². The Morgan fingerprint density at radius 3 is 2.89 bits per heavy atom. The molecule has 3 N–H and O–H groups in total. The number of thioether (sulfide) groups is 1. The Hall–Kier alpha value is -1.01. The number of hydrogen-bond acceptors (Lipinski definition) is 4. The van der Waals surface area contributed by atoms with Crippen molar-refractivity contribution in [2.45, 2.75) is 32.7 Å². The fourth-order valence-corrected chi connectivity index (χ4v) is 2.49. The maximum atomic E-state index is 12.0. The summed E-state index contributed by atoms with van der Waals surface area (Å²) in [5.41, 5.74) is 1.39. The van der Waals surface area contributed by atoms with E-state index < -0.39 is 0 Å². The minimum atomic E-state index is -0.182. The zero-order valence-electron chi connectivity index (χ0n) is 11.8. The number of nitrogens with one attached hydrogen (secondary N) is 2. The van der Waals surface area contributed by atoms with E-state index in [2.05, 4.69) is 29.4 Å². The Kier molecular flexibility index (Phi) is 6.94. The van der Waals surface area contributed by atoms with Gasteiger partial charge in [-0.3, -0.25) is 9.89 Å².